The van der Waals surface area contributed by atoms with E-state index in [4.69, 9.17) is 0 Å². The Labute approximate surface area is 197 Å². The molecule has 3 aromatic rings. The zero-order chi connectivity index (χ0) is 22.6. The average molecular weight is 488 g/mol. The van der Waals surface area contributed by atoms with E-state index in [0.717, 1.165) is 29.2 Å². The molecular weight excluding hydrogens is 462 g/mol. The van der Waals surface area contributed by atoms with Gasteiger partial charge in [-0.1, -0.05) is 6.92 Å². The van der Waals surface area contributed by atoms with E-state index in [1.807, 2.05) is 23.0 Å². The van der Waals surface area contributed by atoms with Gasteiger partial charge in [-0.05, 0) is 67.3 Å². The Hall–Kier alpha value is -2.20. The first-order valence-corrected chi connectivity index (χ1v) is 13.8. The number of carbonyl (C=O) groups excluding carboxylic acids is 1. The summed E-state index contributed by atoms with van der Waals surface area (Å²) in [6, 6.07) is 13.8. The van der Waals surface area contributed by atoms with Gasteiger partial charge in [0, 0.05) is 40.4 Å². The van der Waals surface area contributed by atoms with E-state index in [2.05, 4.69) is 17.2 Å². The van der Waals surface area contributed by atoms with Crippen LogP contribution in [0.2, 0.25) is 0 Å². The third-order valence-corrected chi connectivity index (χ3v) is 8.92. The summed E-state index contributed by atoms with van der Waals surface area (Å²) in [7, 11) is -3.50. The summed E-state index contributed by atoms with van der Waals surface area (Å²) < 4.78 is 27.3. The topological polar surface area (TPSA) is 79.4 Å². The number of aromatic nitrogens is 1. The monoisotopic (exact) mass is 487 g/mol. The molecule has 1 aromatic heterocycles. The largest absolute Gasteiger partial charge is 0.322 e. The average Bonchev–Trinajstić information content (AvgIpc) is 3.32. The van der Waals surface area contributed by atoms with Gasteiger partial charge in [0.2, 0.25) is 10.0 Å². The number of benzene rings is 2. The summed E-state index contributed by atoms with van der Waals surface area (Å²) in [5.41, 5.74) is 3.96. The van der Waals surface area contributed by atoms with Crippen LogP contribution in [0.25, 0.3) is 0 Å². The van der Waals surface area contributed by atoms with Gasteiger partial charge in [-0.25, -0.2) is 13.4 Å². The molecule has 1 N–H and O–H groups in total. The molecular formula is C23H25N3O3S3. The van der Waals surface area contributed by atoms with Gasteiger partial charge >= 0.3 is 0 Å². The highest BCUT2D eigenvalue weighted by atomic mass is 32.2. The van der Waals surface area contributed by atoms with Crippen molar-refractivity contribution in [1.82, 2.24) is 9.29 Å². The number of thiazole rings is 1. The molecule has 1 unspecified atom stereocenters. The maximum absolute atomic E-state index is 12.9. The number of hydrogen-bond donors (Lipinski definition) is 1. The third kappa shape index (κ3) is 5.58. The van der Waals surface area contributed by atoms with Crippen molar-refractivity contribution in [3.05, 3.63) is 70.7 Å². The number of amides is 1. The number of sulfonamides is 1. The molecule has 2 aromatic carbocycles. The molecule has 9 heteroatoms. The minimum atomic E-state index is -3.50. The van der Waals surface area contributed by atoms with E-state index in [-0.39, 0.29) is 10.8 Å². The fraction of sp³-hybridized carbons (Fsp3) is 0.304. The number of hydrogen-bond acceptors (Lipinski definition) is 6. The van der Waals surface area contributed by atoms with Gasteiger partial charge in [0.05, 0.1) is 16.1 Å². The fourth-order valence-corrected chi connectivity index (χ4v) is 6.66. The number of rotatable bonds is 7. The van der Waals surface area contributed by atoms with Crippen molar-refractivity contribution in [3.63, 3.8) is 0 Å². The second-order valence-corrected chi connectivity index (χ2v) is 11.6. The molecule has 0 radical (unpaired) electrons. The fourth-order valence-electron chi connectivity index (χ4n) is 3.60. The van der Waals surface area contributed by atoms with Crippen LogP contribution in [0.15, 0.2) is 69.2 Å². The van der Waals surface area contributed by atoms with E-state index in [9.17, 15) is 13.2 Å². The molecule has 4 rings (SSSR count). The predicted molar refractivity (Wildman–Crippen MR) is 130 cm³/mol. The molecule has 1 aliphatic rings. The number of thioether (sulfide) groups is 1. The van der Waals surface area contributed by atoms with Gasteiger partial charge in [-0.2, -0.15) is 4.31 Å². The van der Waals surface area contributed by atoms with Crippen LogP contribution < -0.4 is 5.32 Å². The van der Waals surface area contributed by atoms with Crippen LogP contribution in [0.4, 0.5) is 5.69 Å². The maximum atomic E-state index is 12.9. The first-order valence-electron chi connectivity index (χ1n) is 10.4. The van der Waals surface area contributed by atoms with Crippen molar-refractivity contribution in [2.45, 2.75) is 35.3 Å². The Balaban J connectivity index is 1.36. The van der Waals surface area contributed by atoms with Crippen molar-refractivity contribution in [1.29, 1.82) is 0 Å². The lowest BCUT2D eigenvalue weighted by Crippen LogP contribution is -2.39. The molecule has 2 heterocycles. The lowest BCUT2D eigenvalue weighted by atomic mass is 10.0. The zero-order valence-corrected chi connectivity index (χ0v) is 20.2. The summed E-state index contributed by atoms with van der Waals surface area (Å²) in [5, 5.41) is 4.86. The molecule has 168 valence electrons. The molecule has 1 aliphatic heterocycles. The molecule has 1 fully saturated rings. The van der Waals surface area contributed by atoms with Gasteiger partial charge in [0.15, 0.2) is 0 Å². The minimum absolute atomic E-state index is 0.235. The Bertz CT molecular complexity index is 1150. The normalized spacial score (nSPS) is 17.2. The van der Waals surface area contributed by atoms with E-state index in [1.165, 1.54) is 0 Å². The van der Waals surface area contributed by atoms with Crippen LogP contribution in [-0.4, -0.2) is 36.7 Å². The van der Waals surface area contributed by atoms with E-state index in [0.29, 0.717) is 30.3 Å². The predicted octanol–water partition coefficient (Wildman–Crippen LogP) is 5.11. The van der Waals surface area contributed by atoms with Crippen LogP contribution in [0.5, 0.6) is 0 Å². The molecule has 1 amide bonds. The molecule has 0 bridgehead atoms. The molecule has 32 heavy (non-hydrogen) atoms. The van der Waals surface area contributed by atoms with Gasteiger partial charge in [0.1, 0.15) is 0 Å². The molecule has 0 aliphatic carbocycles. The van der Waals surface area contributed by atoms with Crippen LogP contribution in [0.1, 0.15) is 35.8 Å². The minimum Gasteiger partial charge on any atom is -0.322 e. The van der Waals surface area contributed by atoms with Crippen molar-refractivity contribution in [3.8, 4) is 0 Å². The number of nitrogens with one attached hydrogen (secondary N) is 1. The quantitative estimate of drug-likeness (QED) is 0.469. The van der Waals surface area contributed by atoms with Crippen LogP contribution in [-0.2, 0) is 15.8 Å². The van der Waals surface area contributed by atoms with Crippen LogP contribution in [0, 0.1) is 5.92 Å². The highest BCUT2D eigenvalue weighted by Gasteiger charge is 2.28. The number of piperidine rings is 1. The van der Waals surface area contributed by atoms with Crippen molar-refractivity contribution < 1.29 is 13.2 Å². The lowest BCUT2D eigenvalue weighted by molar-refractivity contribution is 0.102. The summed E-state index contributed by atoms with van der Waals surface area (Å²) in [6.07, 6.45) is 1.94. The zero-order valence-electron chi connectivity index (χ0n) is 17.7. The molecule has 6 nitrogen and oxygen atoms in total. The second kappa shape index (κ2) is 10.2. The second-order valence-electron chi connectivity index (χ2n) is 7.88. The van der Waals surface area contributed by atoms with Crippen LogP contribution >= 0.6 is 23.1 Å². The van der Waals surface area contributed by atoms with Crippen LogP contribution in [0.3, 0.4) is 0 Å². The van der Waals surface area contributed by atoms with Gasteiger partial charge in [-0.15, -0.1) is 23.1 Å². The summed E-state index contributed by atoms with van der Waals surface area (Å²) >= 11 is 3.25. The molecule has 0 saturated carbocycles. The smallest absolute Gasteiger partial charge is 0.255 e. The highest BCUT2D eigenvalue weighted by Crippen LogP contribution is 2.25. The Kier molecular flexibility index (Phi) is 7.30. The first-order chi connectivity index (χ1) is 15.4. The maximum Gasteiger partial charge on any atom is 0.255 e. The van der Waals surface area contributed by atoms with Crippen molar-refractivity contribution in [2.24, 2.45) is 5.92 Å². The van der Waals surface area contributed by atoms with Gasteiger partial charge in [0.25, 0.3) is 5.91 Å². The Morgan fingerprint density at radius 2 is 1.94 bits per heavy atom. The van der Waals surface area contributed by atoms with E-state index >= 15 is 0 Å². The van der Waals surface area contributed by atoms with Gasteiger partial charge < -0.3 is 5.32 Å². The summed E-state index contributed by atoms with van der Waals surface area (Å²) in [6.45, 7) is 3.19. The summed E-state index contributed by atoms with van der Waals surface area (Å²) in [5.74, 6) is 0.927. The molecule has 0 spiro atoms. The van der Waals surface area contributed by atoms with E-state index in [1.54, 1.807) is 63.8 Å². The third-order valence-electron chi connectivity index (χ3n) is 5.36. The Morgan fingerprint density at radius 3 is 2.59 bits per heavy atom. The summed E-state index contributed by atoms with van der Waals surface area (Å²) in [4.78, 5) is 18.2. The standard InChI is InChI=1S/C23H25N3O3S3/c1-17-3-2-12-26(13-17)32(28,29)22-10-6-19(7-11-22)25-23(27)18-4-8-21(9-5-18)31-15-20-14-30-16-24-20/h4-11,14,16-17H,2-3,12-13,15H2,1H3,(H,25,27). The first kappa shape index (κ1) is 23.0. The van der Waals surface area contributed by atoms with Crippen molar-refractivity contribution in [2.75, 3.05) is 18.4 Å². The number of anilines is 1. The van der Waals surface area contributed by atoms with E-state index < -0.39 is 10.0 Å². The van der Waals surface area contributed by atoms with Gasteiger partial charge in [-0.3, -0.25) is 4.79 Å². The Morgan fingerprint density at radius 1 is 1.19 bits per heavy atom. The SMILES string of the molecule is CC1CCCN(S(=O)(=O)c2ccc(NC(=O)c3ccc(SCc4cscn4)cc3)cc2)C1. The number of nitrogens with zero attached hydrogens (tertiary/aromatic N) is 2. The van der Waals surface area contributed by atoms with Crippen molar-refractivity contribution >= 4 is 44.7 Å². The molecule has 1 saturated heterocycles. The number of carbonyl (C=O) groups is 1. The lowest BCUT2D eigenvalue weighted by Gasteiger charge is -2.30. The molecule has 1 atom stereocenters. The highest BCUT2D eigenvalue weighted by molar-refractivity contribution is 7.98.